The molecule has 4 heterocycles. The fraction of sp³-hybridized carbons (Fsp3) is 0.103. The molecule has 0 bridgehead atoms. The molecule has 3 aromatic heterocycles. The number of phenolic OH excluding ortho intramolecular Hbond substituents is 1. The summed E-state index contributed by atoms with van der Waals surface area (Å²) in [5, 5.41) is 13.2. The number of carbonyl (C=O) groups excluding carboxylic acids is 2. The second kappa shape index (κ2) is 8.04. The third kappa shape index (κ3) is 3.44. The molecule has 6 aromatic rings. The molecule has 0 aliphatic carbocycles. The number of aromatic amines is 3. The number of H-pyrrole nitrogens is 3. The van der Waals surface area contributed by atoms with Gasteiger partial charge in [0.25, 0.3) is 5.91 Å². The Morgan fingerprint density at radius 2 is 1.73 bits per heavy atom. The number of fused-ring (bicyclic) bond motifs is 5. The first kappa shape index (κ1) is 21.8. The minimum absolute atomic E-state index is 0.0686. The molecule has 1 unspecified atom stereocenters. The van der Waals surface area contributed by atoms with Crippen molar-refractivity contribution in [2.45, 2.75) is 17.7 Å². The molecule has 0 radical (unpaired) electrons. The van der Waals surface area contributed by atoms with Gasteiger partial charge in [0, 0.05) is 56.8 Å². The number of rotatable bonds is 3. The quantitative estimate of drug-likeness (QED) is 0.205. The van der Waals surface area contributed by atoms with Crippen molar-refractivity contribution in [3.8, 4) is 5.75 Å². The second-order valence-corrected chi connectivity index (χ2v) is 10.5. The van der Waals surface area contributed by atoms with E-state index in [1.807, 2.05) is 60.7 Å². The monoisotopic (exact) mass is 506 g/mol. The molecule has 1 aliphatic heterocycles. The van der Waals surface area contributed by atoms with Crippen molar-refractivity contribution in [3.05, 3.63) is 89.9 Å². The molecule has 37 heavy (non-hydrogen) atoms. The van der Waals surface area contributed by atoms with Gasteiger partial charge in [0.15, 0.2) is 0 Å². The van der Waals surface area contributed by atoms with Gasteiger partial charge in [0.1, 0.15) is 11.4 Å². The van der Waals surface area contributed by atoms with Crippen LogP contribution < -0.4 is 4.90 Å². The number of nitrogens with one attached hydrogen (secondary N) is 3. The van der Waals surface area contributed by atoms with Gasteiger partial charge in [0.05, 0.1) is 16.9 Å². The van der Waals surface area contributed by atoms with Gasteiger partial charge in [-0.2, -0.15) is 0 Å². The summed E-state index contributed by atoms with van der Waals surface area (Å²) < 4.78 is 0. The number of aromatic hydroxyl groups is 1. The van der Waals surface area contributed by atoms with E-state index >= 15 is 0 Å². The molecular formula is C29H22N4O3S. The van der Waals surface area contributed by atoms with Crippen LogP contribution in [0.25, 0.3) is 32.7 Å². The first-order chi connectivity index (χ1) is 18.0. The summed E-state index contributed by atoms with van der Waals surface area (Å²) in [7, 11) is 0. The summed E-state index contributed by atoms with van der Waals surface area (Å²) >= 11 is 1.15. The lowest BCUT2D eigenvalue weighted by atomic mass is 9.99. The lowest BCUT2D eigenvalue weighted by Crippen LogP contribution is -2.29. The van der Waals surface area contributed by atoms with E-state index in [1.54, 1.807) is 17.2 Å². The zero-order valence-electron chi connectivity index (χ0n) is 19.8. The van der Waals surface area contributed by atoms with Crippen molar-refractivity contribution >= 4 is 61.2 Å². The fourth-order valence-electron chi connectivity index (χ4n) is 5.40. The highest BCUT2D eigenvalue weighted by molar-refractivity contribution is 8.14. The van der Waals surface area contributed by atoms with Crippen molar-refractivity contribution in [3.63, 3.8) is 0 Å². The van der Waals surface area contributed by atoms with Gasteiger partial charge in [-0.25, -0.2) is 0 Å². The van der Waals surface area contributed by atoms with Crippen LogP contribution in [-0.4, -0.2) is 37.6 Å². The highest BCUT2D eigenvalue weighted by Gasteiger charge is 2.33. The number of para-hydroxylation sites is 1. The van der Waals surface area contributed by atoms with Crippen LogP contribution in [0.5, 0.6) is 5.75 Å². The molecule has 1 amide bonds. The van der Waals surface area contributed by atoms with Gasteiger partial charge >= 0.3 is 0 Å². The summed E-state index contributed by atoms with van der Waals surface area (Å²) in [4.78, 5) is 38.5. The lowest BCUT2D eigenvalue weighted by Gasteiger charge is -2.17. The predicted octanol–water partition coefficient (Wildman–Crippen LogP) is 6.53. The van der Waals surface area contributed by atoms with E-state index in [-0.39, 0.29) is 22.7 Å². The normalized spacial score (nSPS) is 15.2. The smallest absolute Gasteiger partial charge is 0.274 e. The summed E-state index contributed by atoms with van der Waals surface area (Å²) in [5.41, 5.74) is 5.26. The lowest BCUT2D eigenvalue weighted by molar-refractivity contribution is 0.0984. The zero-order valence-corrected chi connectivity index (χ0v) is 20.6. The van der Waals surface area contributed by atoms with Crippen LogP contribution in [0, 0.1) is 0 Å². The predicted molar refractivity (Wildman–Crippen MR) is 147 cm³/mol. The number of carbonyl (C=O) groups is 2. The van der Waals surface area contributed by atoms with E-state index < -0.39 is 0 Å². The van der Waals surface area contributed by atoms with Crippen LogP contribution in [0.4, 0.5) is 5.69 Å². The third-order valence-corrected chi connectivity index (χ3v) is 8.01. The van der Waals surface area contributed by atoms with E-state index in [0.717, 1.165) is 55.1 Å². The van der Waals surface area contributed by atoms with Gasteiger partial charge in [-0.1, -0.05) is 25.1 Å². The Labute approximate surface area is 215 Å². The molecular weight excluding hydrogens is 484 g/mol. The molecule has 4 N–H and O–H groups in total. The summed E-state index contributed by atoms with van der Waals surface area (Å²) in [6, 6.07) is 20.8. The maximum absolute atomic E-state index is 13.6. The molecule has 0 saturated heterocycles. The number of hydrogen-bond acceptors (Lipinski definition) is 4. The van der Waals surface area contributed by atoms with E-state index in [0.29, 0.717) is 23.4 Å². The molecule has 1 aliphatic rings. The molecule has 7 rings (SSSR count). The maximum atomic E-state index is 13.6. The topological polar surface area (TPSA) is 105 Å². The van der Waals surface area contributed by atoms with Crippen molar-refractivity contribution in [2.24, 2.45) is 0 Å². The number of phenols is 1. The Bertz CT molecular complexity index is 1850. The van der Waals surface area contributed by atoms with E-state index in [1.165, 1.54) is 0 Å². The molecule has 0 fully saturated rings. The minimum atomic E-state index is -0.153. The molecule has 7 nitrogen and oxygen atoms in total. The average Bonchev–Trinajstić information content (AvgIpc) is 3.67. The van der Waals surface area contributed by atoms with Crippen LogP contribution >= 0.6 is 11.8 Å². The first-order valence-corrected chi connectivity index (χ1v) is 12.9. The fourth-order valence-corrected chi connectivity index (χ4v) is 6.16. The van der Waals surface area contributed by atoms with Crippen molar-refractivity contribution in [1.82, 2.24) is 15.0 Å². The number of benzene rings is 3. The standard InChI is InChI=1S/C29H22N4O3S/c1-15-14-33(24-13-25(34)27-19(26(15)24)8-9-30-27)28(35)22-12-17-10-18(6-7-21(17)31-22)37-29(36)23-11-16-4-2-3-5-20(16)32-23/h2-13,15,30-32,34H,14H2,1H3. The maximum Gasteiger partial charge on any atom is 0.274 e. The molecule has 182 valence electrons. The number of nitrogens with zero attached hydrogens (tertiary/aromatic N) is 1. The minimum Gasteiger partial charge on any atom is -0.506 e. The number of amides is 1. The highest BCUT2D eigenvalue weighted by Crippen LogP contribution is 2.44. The molecule has 0 spiro atoms. The number of anilines is 1. The van der Waals surface area contributed by atoms with Gasteiger partial charge in [-0.05, 0) is 59.8 Å². The molecule has 8 heteroatoms. The van der Waals surface area contributed by atoms with Gasteiger partial charge in [-0.15, -0.1) is 0 Å². The molecule has 3 aromatic carbocycles. The number of aromatic nitrogens is 3. The summed E-state index contributed by atoms with van der Waals surface area (Å²) in [6.45, 7) is 2.63. The highest BCUT2D eigenvalue weighted by atomic mass is 32.2. The van der Waals surface area contributed by atoms with Crippen LogP contribution in [0.3, 0.4) is 0 Å². The van der Waals surface area contributed by atoms with Gasteiger partial charge in [-0.3, -0.25) is 9.59 Å². The second-order valence-electron chi connectivity index (χ2n) is 9.50. The Morgan fingerprint density at radius 3 is 2.59 bits per heavy atom. The number of thioether (sulfide) groups is 1. The molecule has 1 atom stereocenters. The molecule has 0 saturated carbocycles. The average molecular weight is 507 g/mol. The summed E-state index contributed by atoms with van der Waals surface area (Å²) in [6.07, 6.45) is 1.80. The van der Waals surface area contributed by atoms with Gasteiger partial charge < -0.3 is 25.0 Å². The van der Waals surface area contributed by atoms with Crippen LogP contribution in [-0.2, 0) is 0 Å². The van der Waals surface area contributed by atoms with Crippen LogP contribution in [0.1, 0.15) is 39.4 Å². The third-order valence-electron chi connectivity index (χ3n) is 7.11. The zero-order chi connectivity index (χ0) is 25.3. The van der Waals surface area contributed by atoms with Gasteiger partial charge in [0.2, 0.25) is 5.12 Å². The Kier molecular flexibility index (Phi) is 4.74. The Morgan fingerprint density at radius 1 is 0.946 bits per heavy atom. The van der Waals surface area contributed by atoms with Crippen molar-refractivity contribution in [2.75, 3.05) is 11.4 Å². The largest absolute Gasteiger partial charge is 0.506 e. The van der Waals surface area contributed by atoms with Crippen molar-refractivity contribution < 1.29 is 14.7 Å². The number of hydrogen-bond donors (Lipinski definition) is 4. The Hall–Kier alpha value is -4.43. The first-order valence-electron chi connectivity index (χ1n) is 12.0. The van der Waals surface area contributed by atoms with E-state index in [2.05, 4.69) is 21.9 Å². The van der Waals surface area contributed by atoms with Crippen molar-refractivity contribution in [1.29, 1.82) is 0 Å². The van der Waals surface area contributed by atoms with E-state index in [9.17, 15) is 14.7 Å². The van der Waals surface area contributed by atoms with Crippen LogP contribution in [0.2, 0.25) is 0 Å². The SMILES string of the molecule is CC1CN(C(=O)c2cc3cc(SC(=O)c4cc5ccccc5[nH]4)ccc3[nH]2)c2cc(O)c3[nH]ccc3c21. The van der Waals surface area contributed by atoms with E-state index in [4.69, 9.17) is 0 Å². The Balaban J connectivity index is 1.17. The van der Waals surface area contributed by atoms with Crippen LogP contribution in [0.15, 0.2) is 77.8 Å². The summed E-state index contributed by atoms with van der Waals surface area (Å²) in [5.74, 6) is 0.115.